The number of phenols is 1. The summed E-state index contributed by atoms with van der Waals surface area (Å²) in [5.74, 6) is -0.156. The van der Waals surface area contributed by atoms with Gasteiger partial charge in [-0.15, -0.1) is 10.2 Å². The fourth-order valence-electron chi connectivity index (χ4n) is 1.72. The molecule has 0 atom stereocenters. The maximum Gasteiger partial charge on any atom is 0.298 e. The van der Waals surface area contributed by atoms with E-state index in [0.717, 1.165) is 17.7 Å². The van der Waals surface area contributed by atoms with Crippen LogP contribution in [0.15, 0.2) is 51.5 Å². The zero-order chi connectivity index (χ0) is 17.2. The lowest BCUT2D eigenvalue weighted by Crippen LogP contribution is -1.99. The smallest absolute Gasteiger partial charge is 0.298 e. The third-order valence-electron chi connectivity index (χ3n) is 2.84. The molecule has 0 fully saturated rings. The lowest BCUT2D eigenvalue weighted by molar-refractivity contribution is -0.384. The Labute approximate surface area is 130 Å². The van der Waals surface area contributed by atoms with Crippen molar-refractivity contribution >= 4 is 27.2 Å². The first-order valence-corrected chi connectivity index (χ1v) is 7.60. The molecule has 10 heteroatoms. The SMILES string of the molecule is Cc1ccc(O)c(N=Nc2ccc(S(=O)(=O)O)cc2[N+](=O)[O-])c1. The zero-order valence-corrected chi connectivity index (χ0v) is 12.6. The summed E-state index contributed by atoms with van der Waals surface area (Å²) in [6.07, 6.45) is 0. The van der Waals surface area contributed by atoms with E-state index in [0.29, 0.717) is 6.07 Å². The van der Waals surface area contributed by atoms with Crippen LogP contribution in [0.5, 0.6) is 5.75 Å². The largest absolute Gasteiger partial charge is 0.506 e. The Kier molecular flexibility index (Phi) is 4.38. The van der Waals surface area contributed by atoms with Crippen LogP contribution in [0.4, 0.5) is 17.1 Å². The number of hydrogen-bond donors (Lipinski definition) is 2. The first-order valence-electron chi connectivity index (χ1n) is 6.16. The van der Waals surface area contributed by atoms with E-state index < -0.39 is 25.6 Å². The summed E-state index contributed by atoms with van der Waals surface area (Å²) < 4.78 is 31.0. The number of benzene rings is 2. The molecule has 23 heavy (non-hydrogen) atoms. The first kappa shape index (κ1) is 16.5. The van der Waals surface area contributed by atoms with E-state index in [1.54, 1.807) is 13.0 Å². The van der Waals surface area contributed by atoms with Crippen LogP contribution >= 0.6 is 0 Å². The Morgan fingerprint density at radius 1 is 1.09 bits per heavy atom. The maximum absolute atomic E-state index is 11.0. The third kappa shape index (κ3) is 3.87. The van der Waals surface area contributed by atoms with E-state index in [2.05, 4.69) is 10.2 Å². The Morgan fingerprint density at radius 2 is 1.74 bits per heavy atom. The van der Waals surface area contributed by atoms with Crippen LogP contribution < -0.4 is 0 Å². The monoisotopic (exact) mass is 337 g/mol. The number of aryl methyl sites for hydroxylation is 1. The van der Waals surface area contributed by atoms with Gasteiger partial charge in [0.25, 0.3) is 15.8 Å². The Morgan fingerprint density at radius 3 is 2.35 bits per heavy atom. The fraction of sp³-hybridized carbons (Fsp3) is 0.0769. The second-order valence-electron chi connectivity index (χ2n) is 4.57. The molecule has 0 saturated carbocycles. The standard InChI is InChI=1S/C13H11N3O6S/c1-8-2-5-13(17)11(6-8)15-14-10-4-3-9(23(20,21)22)7-12(10)16(18)19/h2-7,17H,1H3,(H,20,21,22). The van der Waals surface area contributed by atoms with E-state index in [9.17, 15) is 23.6 Å². The van der Waals surface area contributed by atoms with E-state index in [4.69, 9.17) is 4.55 Å². The van der Waals surface area contributed by atoms with E-state index in [1.165, 1.54) is 12.1 Å². The highest BCUT2D eigenvalue weighted by Crippen LogP contribution is 2.33. The van der Waals surface area contributed by atoms with Crippen LogP contribution in [0.25, 0.3) is 0 Å². The highest BCUT2D eigenvalue weighted by atomic mass is 32.2. The topological polar surface area (TPSA) is 142 Å². The molecule has 0 bridgehead atoms. The number of nitro benzene ring substituents is 1. The number of hydrogen-bond acceptors (Lipinski definition) is 7. The summed E-state index contributed by atoms with van der Waals surface area (Å²) >= 11 is 0. The molecule has 0 aliphatic carbocycles. The third-order valence-corrected chi connectivity index (χ3v) is 3.69. The van der Waals surface area contributed by atoms with Crippen molar-refractivity contribution in [1.29, 1.82) is 0 Å². The van der Waals surface area contributed by atoms with E-state index in [-0.39, 0.29) is 17.1 Å². The molecule has 2 N–H and O–H groups in total. The van der Waals surface area contributed by atoms with E-state index in [1.807, 2.05) is 0 Å². The molecule has 0 spiro atoms. The van der Waals surface area contributed by atoms with Gasteiger partial charge in [-0.3, -0.25) is 14.7 Å². The molecule has 0 aliphatic rings. The van der Waals surface area contributed by atoms with Gasteiger partial charge in [0, 0.05) is 6.07 Å². The van der Waals surface area contributed by atoms with Gasteiger partial charge in [0.05, 0.1) is 4.92 Å². The first-order chi connectivity index (χ1) is 10.7. The quantitative estimate of drug-likeness (QED) is 0.379. The van der Waals surface area contributed by atoms with Crippen LogP contribution in [0.2, 0.25) is 0 Å². The van der Waals surface area contributed by atoms with Crippen LogP contribution in [0.1, 0.15) is 5.56 Å². The summed E-state index contributed by atoms with van der Waals surface area (Å²) in [6, 6.07) is 7.26. The molecule has 0 radical (unpaired) electrons. The predicted octanol–water partition coefficient (Wildman–Crippen LogP) is 3.27. The summed E-state index contributed by atoms with van der Waals surface area (Å²) in [4.78, 5) is 9.54. The minimum Gasteiger partial charge on any atom is -0.506 e. The van der Waals surface area contributed by atoms with Crippen molar-refractivity contribution in [2.75, 3.05) is 0 Å². The predicted molar refractivity (Wildman–Crippen MR) is 79.9 cm³/mol. The summed E-state index contributed by atoms with van der Waals surface area (Å²) in [6.45, 7) is 1.77. The number of aromatic hydroxyl groups is 1. The summed E-state index contributed by atoms with van der Waals surface area (Å²) in [5, 5.41) is 28.1. The van der Waals surface area contributed by atoms with Crippen LogP contribution in [0, 0.1) is 17.0 Å². The number of nitro groups is 1. The van der Waals surface area contributed by atoms with Crippen molar-refractivity contribution in [2.24, 2.45) is 10.2 Å². The van der Waals surface area contributed by atoms with Crippen LogP contribution in [-0.2, 0) is 10.1 Å². The highest BCUT2D eigenvalue weighted by molar-refractivity contribution is 7.85. The molecule has 2 aromatic carbocycles. The van der Waals surface area contributed by atoms with Gasteiger partial charge in [-0.25, -0.2) is 0 Å². The minimum absolute atomic E-state index is 0.109. The number of rotatable bonds is 4. The van der Waals surface area contributed by atoms with Crippen LogP contribution in [-0.4, -0.2) is 23.0 Å². The van der Waals surface area contributed by atoms with Gasteiger partial charge in [0.1, 0.15) is 16.3 Å². The summed E-state index contributed by atoms with van der Waals surface area (Å²) in [5.41, 5.74) is 0.0467. The Bertz CT molecular complexity index is 908. The van der Waals surface area contributed by atoms with Gasteiger partial charge < -0.3 is 5.11 Å². The van der Waals surface area contributed by atoms with Crippen molar-refractivity contribution in [2.45, 2.75) is 11.8 Å². The second-order valence-corrected chi connectivity index (χ2v) is 6.00. The van der Waals surface area contributed by atoms with Gasteiger partial charge in [0.2, 0.25) is 0 Å². The molecule has 2 aromatic rings. The molecule has 0 unspecified atom stereocenters. The average molecular weight is 337 g/mol. The Hall–Kier alpha value is -2.85. The lowest BCUT2D eigenvalue weighted by Gasteiger charge is -2.01. The minimum atomic E-state index is -4.57. The van der Waals surface area contributed by atoms with Crippen molar-refractivity contribution in [3.8, 4) is 5.75 Å². The van der Waals surface area contributed by atoms with Gasteiger partial charge in [-0.05, 0) is 36.8 Å². The van der Waals surface area contributed by atoms with Crippen LogP contribution in [0.3, 0.4) is 0 Å². The molecule has 0 amide bonds. The zero-order valence-electron chi connectivity index (χ0n) is 11.7. The molecule has 0 aromatic heterocycles. The molecule has 2 rings (SSSR count). The molecular formula is C13H11N3O6S. The van der Waals surface area contributed by atoms with Gasteiger partial charge in [-0.2, -0.15) is 8.42 Å². The van der Waals surface area contributed by atoms with Gasteiger partial charge in [0.15, 0.2) is 5.69 Å². The maximum atomic E-state index is 11.0. The van der Waals surface area contributed by atoms with Crippen molar-refractivity contribution < 1.29 is 23.0 Å². The number of azo groups is 1. The molecule has 0 heterocycles. The molecular weight excluding hydrogens is 326 g/mol. The number of nitrogens with zero attached hydrogens (tertiary/aromatic N) is 3. The molecule has 0 saturated heterocycles. The molecule has 0 aliphatic heterocycles. The van der Waals surface area contributed by atoms with E-state index >= 15 is 0 Å². The normalized spacial score (nSPS) is 11.7. The van der Waals surface area contributed by atoms with Gasteiger partial charge in [-0.1, -0.05) is 6.07 Å². The van der Waals surface area contributed by atoms with Crippen molar-refractivity contribution in [3.63, 3.8) is 0 Å². The highest BCUT2D eigenvalue weighted by Gasteiger charge is 2.19. The van der Waals surface area contributed by atoms with Gasteiger partial charge >= 0.3 is 0 Å². The lowest BCUT2D eigenvalue weighted by atomic mass is 10.2. The Balaban J connectivity index is 2.49. The average Bonchev–Trinajstić information content (AvgIpc) is 2.47. The molecule has 9 nitrogen and oxygen atoms in total. The van der Waals surface area contributed by atoms with Crippen molar-refractivity contribution in [3.05, 3.63) is 52.1 Å². The molecule has 120 valence electrons. The summed E-state index contributed by atoms with van der Waals surface area (Å²) in [7, 11) is -4.57. The number of phenolic OH excluding ortho intramolecular Hbond substituents is 1. The van der Waals surface area contributed by atoms with Crippen molar-refractivity contribution in [1.82, 2.24) is 0 Å². The fourth-order valence-corrected chi connectivity index (χ4v) is 2.22. The second kappa shape index (κ2) is 6.10.